The fourth-order valence-corrected chi connectivity index (χ4v) is 1.26. The average Bonchev–Trinajstić information content (AvgIpc) is 2.14. The second kappa shape index (κ2) is 6.73. The summed E-state index contributed by atoms with van der Waals surface area (Å²) in [4.78, 5) is 11.9. The Balaban J connectivity index is 4.40. The highest BCUT2D eigenvalue weighted by Gasteiger charge is 2.40. The SMILES string of the molecule is CN(CC(F)F)C(=O)CC(CCN)C(F)(F)F. The highest BCUT2D eigenvalue weighted by atomic mass is 19.4. The van der Waals surface area contributed by atoms with Crippen LogP contribution in [0.3, 0.4) is 0 Å². The van der Waals surface area contributed by atoms with Gasteiger partial charge in [0, 0.05) is 13.5 Å². The number of nitrogens with zero attached hydrogens (tertiary/aromatic N) is 1. The first-order chi connectivity index (χ1) is 7.68. The standard InChI is InChI=1S/C9H15F5N2O/c1-16(5-7(10)11)8(17)4-6(2-3-15)9(12,13)14/h6-7H,2-5,15H2,1H3. The van der Waals surface area contributed by atoms with Crippen molar-refractivity contribution in [1.29, 1.82) is 0 Å². The molecular formula is C9H15F5N2O. The molecule has 0 saturated heterocycles. The van der Waals surface area contributed by atoms with Crippen LogP contribution in [-0.4, -0.2) is 43.5 Å². The van der Waals surface area contributed by atoms with Gasteiger partial charge in [-0.2, -0.15) is 13.2 Å². The van der Waals surface area contributed by atoms with Crippen LogP contribution in [0.1, 0.15) is 12.8 Å². The largest absolute Gasteiger partial charge is 0.392 e. The van der Waals surface area contributed by atoms with Crippen LogP contribution in [0.4, 0.5) is 22.0 Å². The maximum atomic E-state index is 12.4. The third-order valence-corrected chi connectivity index (χ3v) is 2.24. The highest BCUT2D eigenvalue weighted by molar-refractivity contribution is 5.76. The van der Waals surface area contributed by atoms with E-state index in [9.17, 15) is 26.7 Å². The fourth-order valence-electron chi connectivity index (χ4n) is 1.26. The molecule has 0 aliphatic heterocycles. The minimum Gasteiger partial charge on any atom is -0.340 e. The molecule has 17 heavy (non-hydrogen) atoms. The number of carbonyl (C=O) groups excluding carboxylic acids is 1. The van der Waals surface area contributed by atoms with Crippen LogP contribution in [0.2, 0.25) is 0 Å². The van der Waals surface area contributed by atoms with Crippen LogP contribution in [0.15, 0.2) is 0 Å². The smallest absolute Gasteiger partial charge is 0.340 e. The number of hydrogen-bond donors (Lipinski definition) is 1. The number of hydrogen-bond acceptors (Lipinski definition) is 2. The molecule has 0 radical (unpaired) electrons. The second-order valence-electron chi connectivity index (χ2n) is 3.69. The lowest BCUT2D eigenvalue weighted by Crippen LogP contribution is -2.36. The Hall–Kier alpha value is -0.920. The zero-order valence-electron chi connectivity index (χ0n) is 9.31. The van der Waals surface area contributed by atoms with Crippen LogP contribution >= 0.6 is 0 Å². The second-order valence-corrected chi connectivity index (χ2v) is 3.69. The van der Waals surface area contributed by atoms with Crippen LogP contribution in [-0.2, 0) is 4.79 Å². The van der Waals surface area contributed by atoms with E-state index in [-0.39, 0.29) is 6.54 Å². The van der Waals surface area contributed by atoms with E-state index < -0.39 is 43.8 Å². The molecule has 102 valence electrons. The van der Waals surface area contributed by atoms with E-state index in [1.807, 2.05) is 0 Å². The molecule has 0 heterocycles. The minimum absolute atomic E-state index is 0.212. The van der Waals surface area contributed by atoms with E-state index in [1.165, 1.54) is 0 Å². The lowest BCUT2D eigenvalue weighted by Gasteiger charge is -2.22. The Bertz CT molecular complexity index is 244. The van der Waals surface area contributed by atoms with Gasteiger partial charge in [-0.1, -0.05) is 0 Å². The third kappa shape index (κ3) is 6.40. The van der Waals surface area contributed by atoms with Crippen LogP contribution in [0.25, 0.3) is 0 Å². The molecule has 3 nitrogen and oxygen atoms in total. The van der Waals surface area contributed by atoms with Gasteiger partial charge < -0.3 is 10.6 Å². The lowest BCUT2D eigenvalue weighted by atomic mass is 10.00. The Morgan fingerprint density at radius 3 is 2.24 bits per heavy atom. The first-order valence-electron chi connectivity index (χ1n) is 4.97. The summed E-state index contributed by atoms with van der Waals surface area (Å²) >= 11 is 0. The van der Waals surface area contributed by atoms with Crippen molar-refractivity contribution in [3.8, 4) is 0 Å². The first-order valence-corrected chi connectivity index (χ1v) is 4.97. The van der Waals surface area contributed by atoms with Gasteiger partial charge in [0.1, 0.15) is 0 Å². The van der Waals surface area contributed by atoms with Crippen LogP contribution in [0.5, 0.6) is 0 Å². The monoisotopic (exact) mass is 262 g/mol. The normalized spacial score (nSPS) is 13.9. The van der Waals surface area contributed by atoms with Gasteiger partial charge in [0.15, 0.2) is 0 Å². The molecule has 2 N–H and O–H groups in total. The molecule has 0 bridgehead atoms. The average molecular weight is 262 g/mol. The first kappa shape index (κ1) is 16.1. The minimum atomic E-state index is -4.54. The van der Waals surface area contributed by atoms with Gasteiger partial charge in [-0.05, 0) is 13.0 Å². The number of amides is 1. The summed E-state index contributed by atoms with van der Waals surface area (Å²) < 4.78 is 61.1. The number of alkyl halides is 5. The quantitative estimate of drug-likeness (QED) is 0.739. The van der Waals surface area contributed by atoms with Crippen LogP contribution < -0.4 is 5.73 Å². The van der Waals surface area contributed by atoms with E-state index in [4.69, 9.17) is 5.73 Å². The van der Waals surface area contributed by atoms with Crippen molar-refractivity contribution in [2.45, 2.75) is 25.4 Å². The number of carbonyl (C=O) groups is 1. The van der Waals surface area contributed by atoms with E-state index >= 15 is 0 Å². The molecule has 1 atom stereocenters. The zero-order chi connectivity index (χ0) is 13.6. The summed E-state index contributed by atoms with van der Waals surface area (Å²) in [5.74, 6) is -2.83. The number of nitrogens with two attached hydrogens (primary N) is 1. The van der Waals surface area contributed by atoms with Crippen molar-refractivity contribution in [2.24, 2.45) is 11.7 Å². The molecule has 0 aromatic rings. The molecule has 1 amide bonds. The summed E-state index contributed by atoms with van der Waals surface area (Å²) in [5.41, 5.74) is 5.01. The van der Waals surface area contributed by atoms with E-state index in [2.05, 4.69) is 0 Å². The number of rotatable bonds is 6. The Kier molecular flexibility index (Phi) is 6.36. The fraction of sp³-hybridized carbons (Fsp3) is 0.889. The van der Waals surface area contributed by atoms with Crippen molar-refractivity contribution < 1.29 is 26.7 Å². The summed E-state index contributed by atoms with van der Waals surface area (Å²) in [5, 5.41) is 0. The Labute approximate surface area is 95.7 Å². The van der Waals surface area contributed by atoms with Gasteiger partial charge in [0.2, 0.25) is 5.91 Å². The molecule has 0 saturated carbocycles. The van der Waals surface area contributed by atoms with Gasteiger partial charge in [-0.25, -0.2) is 8.78 Å². The van der Waals surface area contributed by atoms with Gasteiger partial charge in [-0.3, -0.25) is 4.79 Å². The van der Waals surface area contributed by atoms with Crippen molar-refractivity contribution in [3.05, 3.63) is 0 Å². The van der Waals surface area contributed by atoms with Gasteiger partial charge >= 0.3 is 6.18 Å². The van der Waals surface area contributed by atoms with E-state index in [0.717, 1.165) is 7.05 Å². The molecule has 0 fully saturated rings. The maximum Gasteiger partial charge on any atom is 0.392 e. The van der Waals surface area contributed by atoms with Gasteiger partial charge in [0.05, 0.1) is 12.5 Å². The molecular weight excluding hydrogens is 247 g/mol. The molecule has 8 heteroatoms. The van der Waals surface area contributed by atoms with Gasteiger partial charge in [-0.15, -0.1) is 0 Å². The zero-order valence-corrected chi connectivity index (χ0v) is 9.31. The molecule has 0 aromatic carbocycles. The summed E-state index contributed by atoms with van der Waals surface area (Å²) in [7, 11) is 1.05. The summed E-state index contributed by atoms with van der Waals surface area (Å²) in [6, 6.07) is 0. The van der Waals surface area contributed by atoms with E-state index in [1.54, 1.807) is 0 Å². The molecule has 0 aliphatic carbocycles. The van der Waals surface area contributed by atoms with Crippen molar-refractivity contribution >= 4 is 5.91 Å². The predicted octanol–water partition coefficient (Wildman–Crippen LogP) is 1.63. The number of halogens is 5. The topological polar surface area (TPSA) is 46.3 Å². The third-order valence-electron chi connectivity index (χ3n) is 2.24. The molecule has 0 aliphatic rings. The molecule has 1 unspecified atom stereocenters. The molecule has 0 rings (SSSR count). The summed E-state index contributed by atoms with van der Waals surface area (Å²) in [6.45, 7) is -1.08. The van der Waals surface area contributed by atoms with Crippen molar-refractivity contribution in [1.82, 2.24) is 4.90 Å². The summed E-state index contributed by atoms with van der Waals surface area (Å²) in [6.07, 6.45) is -8.54. The Morgan fingerprint density at radius 2 is 1.88 bits per heavy atom. The van der Waals surface area contributed by atoms with Crippen LogP contribution in [0, 0.1) is 5.92 Å². The predicted molar refractivity (Wildman–Crippen MR) is 51.5 cm³/mol. The highest BCUT2D eigenvalue weighted by Crippen LogP contribution is 2.31. The lowest BCUT2D eigenvalue weighted by molar-refractivity contribution is -0.182. The molecule has 0 aromatic heterocycles. The van der Waals surface area contributed by atoms with Gasteiger partial charge in [0.25, 0.3) is 6.43 Å². The molecule has 0 spiro atoms. The van der Waals surface area contributed by atoms with Crippen molar-refractivity contribution in [3.63, 3.8) is 0 Å². The van der Waals surface area contributed by atoms with E-state index in [0.29, 0.717) is 4.90 Å². The maximum absolute atomic E-state index is 12.4. The van der Waals surface area contributed by atoms with Crippen molar-refractivity contribution in [2.75, 3.05) is 20.1 Å². The Morgan fingerprint density at radius 1 is 1.35 bits per heavy atom.